The normalized spacial score (nSPS) is 11.1. The van der Waals surface area contributed by atoms with Crippen LogP contribution in [0.1, 0.15) is 25.5 Å². The summed E-state index contributed by atoms with van der Waals surface area (Å²) in [5, 5.41) is 1.19. The highest BCUT2D eigenvalue weighted by Gasteiger charge is 2.10. The van der Waals surface area contributed by atoms with E-state index in [-0.39, 0.29) is 0 Å². The lowest BCUT2D eigenvalue weighted by Gasteiger charge is -2.09. The molecule has 0 amide bonds. The summed E-state index contributed by atoms with van der Waals surface area (Å²) >= 11 is 0. The van der Waals surface area contributed by atoms with E-state index in [0.29, 0.717) is 5.92 Å². The molecular formula is C12H14NO. The fourth-order valence-corrected chi connectivity index (χ4v) is 1.70. The van der Waals surface area contributed by atoms with E-state index in [2.05, 4.69) is 33.1 Å². The molecule has 14 heavy (non-hydrogen) atoms. The second-order valence-electron chi connectivity index (χ2n) is 3.71. The smallest absolute Gasteiger partial charge is 0.151 e. The van der Waals surface area contributed by atoms with Crippen LogP contribution < -0.4 is 4.84 Å². The van der Waals surface area contributed by atoms with Gasteiger partial charge in [-0.2, -0.15) is 4.73 Å². The maximum absolute atomic E-state index is 5.13. The third-order valence-corrected chi connectivity index (χ3v) is 2.41. The molecule has 0 saturated heterocycles. The first-order valence-corrected chi connectivity index (χ1v) is 4.77. The standard InChI is InChI=1S/C12H14NO/c1-9(2)12-8-10-6-4-5-7-11(10)13(12)14-3/h4-9H,3H2,1-2H3. The molecule has 0 atom stereocenters. The Hall–Kier alpha value is -1.44. The highest BCUT2D eigenvalue weighted by atomic mass is 16.6. The molecule has 0 saturated carbocycles. The zero-order valence-electron chi connectivity index (χ0n) is 8.53. The van der Waals surface area contributed by atoms with Gasteiger partial charge in [0.25, 0.3) is 0 Å². The van der Waals surface area contributed by atoms with Gasteiger partial charge in [0.05, 0.1) is 11.2 Å². The van der Waals surface area contributed by atoms with E-state index in [1.165, 1.54) is 5.39 Å². The van der Waals surface area contributed by atoms with Crippen molar-refractivity contribution in [3.05, 3.63) is 43.1 Å². The summed E-state index contributed by atoms with van der Waals surface area (Å²) in [4.78, 5) is 5.13. The van der Waals surface area contributed by atoms with Gasteiger partial charge in [0.15, 0.2) is 7.11 Å². The number of hydrogen-bond donors (Lipinski definition) is 0. The number of benzene rings is 1. The predicted octanol–water partition coefficient (Wildman–Crippen LogP) is 2.98. The largest absolute Gasteiger partial charge is 0.410 e. The summed E-state index contributed by atoms with van der Waals surface area (Å²) in [5.74, 6) is 0.434. The quantitative estimate of drug-likeness (QED) is 0.706. The van der Waals surface area contributed by atoms with Crippen molar-refractivity contribution in [1.82, 2.24) is 4.73 Å². The van der Waals surface area contributed by atoms with Crippen LogP contribution in [0.2, 0.25) is 0 Å². The molecule has 1 aromatic heterocycles. The van der Waals surface area contributed by atoms with Crippen molar-refractivity contribution < 1.29 is 4.84 Å². The molecule has 2 nitrogen and oxygen atoms in total. The maximum atomic E-state index is 5.13. The van der Waals surface area contributed by atoms with Crippen LogP contribution in [0.5, 0.6) is 0 Å². The number of fused-ring (bicyclic) bond motifs is 1. The fourth-order valence-electron chi connectivity index (χ4n) is 1.70. The Kier molecular flexibility index (Phi) is 2.20. The number of nitrogens with zero attached hydrogens (tertiary/aromatic N) is 1. The minimum atomic E-state index is 0.434. The second kappa shape index (κ2) is 3.37. The minimum absolute atomic E-state index is 0.434. The summed E-state index contributed by atoms with van der Waals surface area (Å²) in [6.07, 6.45) is 0. The number of para-hydroxylation sites is 1. The van der Waals surface area contributed by atoms with Crippen LogP contribution in [0, 0.1) is 7.11 Å². The van der Waals surface area contributed by atoms with Crippen molar-refractivity contribution in [1.29, 1.82) is 0 Å². The molecule has 1 heterocycles. The molecule has 0 unspecified atom stereocenters. The van der Waals surface area contributed by atoms with E-state index in [9.17, 15) is 0 Å². The van der Waals surface area contributed by atoms with Gasteiger partial charge < -0.3 is 4.84 Å². The van der Waals surface area contributed by atoms with Gasteiger partial charge in [-0.3, -0.25) is 0 Å². The highest BCUT2D eigenvalue weighted by molar-refractivity contribution is 5.81. The van der Waals surface area contributed by atoms with Crippen molar-refractivity contribution in [2.45, 2.75) is 19.8 Å². The van der Waals surface area contributed by atoms with Crippen molar-refractivity contribution in [2.75, 3.05) is 0 Å². The summed E-state index contributed by atoms with van der Waals surface area (Å²) in [5.41, 5.74) is 2.23. The molecule has 1 radical (unpaired) electrons. The van der Waals surface area contributed by atoms with E-state index < -0.39 is 0 Å². The zero-order valence-corrected chi connectivity index (χ0v) is 8.53. The molecule has 2 aromatic rings. The zero-order chi connectivity index (χ0) is 10.1. The second-order valence-corrected chi connectivity index (χ2v) is 3.71. The average molecular weight is 188 g/mol. The first-order chi connectivity index (χ1) is 6.74. The van der Waals surface area contributed by atoms with E-state index >= 15 is 0 Å². The molecule has 73 valence electrons. The van der Waals surface area contributed by atoms with Gasteiger partial charge in [-0.1, -0.05) is 32.0 Å². The van der Waals surface area contributed by atoms with Crippen LogP contribution in [-0.4, -0.2) is 4.73 Å². The lowest BCUT2D eigenvalue weighted by atomic mass is 10.1. The van der Waals surface area contributed by atoms with Crippen LogP contribution in [0.3, 0.4) is 0 Å². The van der Waals surface area contributed by atoms with Crippen LogP contribution in [0.4, 0.5) is 0 Å². The van der Waals surface area contributed by atoms with Crippen LogP contribution >= 0.6 is 0 Å². The SMILES string of the molecule is [CH2]On1c(C(C)C)cc2ccccc21. The number of hydrogen-bond acceptors (Lipinski definition) is 1. The van der Waals surface area contributed by atoms with Crippen molar-refractivity contribution in [3.8, 4) is 0 Å². The summed E-state index contributed by atoms with van der Waals surface area (Å²) in [6, 6.07) is 10.3. The topological polar surface area (TPSA) is 14.2 Å². The molecule has 0 bridgehead atoms. The van der Waals surface area contributed by atoms with Crippen molar-refractivity contribution >= 4 is 10.9 Å². The Morgan fingerprint density at radius 3 is 2.64 bits per heavy atom. The van der Waals surface area contributed by atoms with Gasteiger partial charge in [0.1, 0.15) is 0 Å². The monoisotopic (exact) mass is 188 g/mol. The molecular weight excluding hydrogens is 174 g/mol. The molecule has 0 aliphatic rings. The van der Waals surface area contributed by atoms with Gasteiger partial charge in [0.2, 0.25) is 0 Å². The van der Waals surface area contributed by atoms with Gasteiger partial charge in [-0.05, 0) is 18.1 Å². The predicted molar refractivity (Wildman–Crippen MR) is 58.0 cm³/mol. The maximum Gasteiger partial charge on any atom is 0.151 e. The molecule has 1 aromatic carbocycles. The van der Waals surface area contributed by atoms with Crippen molar-refractivity contribution in [2.24, 2.45) is 0 Å². The van der Waals surface area contributed by atoms with E-state index in [0.717, 1.165) is 11.2 Å². The molecule has 2 rings (SSSR count). The lowest BCUT2D eigenvalue weighted by Crippen LogP contribution is -2.08. The summed E-state index contributed by atoms with van der Waals surface area (Å²) in [7, 11) is 3.48. The molecule has 0 aliphatic carbocycles. The first kappa shape index (κ1) is 9.13. The lowest BCUT2D eigenvalue weighted by molar-refractivity contribution is 0.207. The Morgan fingerprint density at radius 1 is 1.29 bits per heavy atom. The van der Waals surface area contributed by atoms with E-state index in [1.807, 2.05) is 18.2 Å². The third-order valence-electron chi connectivity index (χ3n) is 2.41. The molecule has 0 N–H and O–H groups in total. The van der Waals surface area contributed by atoms with Gasteiger partial charge >= 0.3 is 0 Å². The fraction of sp³-hybridized carbons (Fsp3) is 0.250. The Labute approximate surface area is 84.1 Å². The van der Waals surface area contributed by atoms with Gasteiger partial charge in [0, 0.05) is 5.39 Å². The Morgan fingerprint density at radius 2 is 2.00 bits per heavy atom. The average Bonchev–Trinajstić information content (AvgIpc) is 2.56. The van der Waals surface area contributed by atoms with E-state index in [4.69, 9.17) is 4.84 Å². The minimum Gasteiger partial charge on any atom is -0.410 e. The van der Waals surface area contributed by atoms with Crippen LogP contribution in [-0.2, 0) is 0 Å². The number of aromatic nitrogens is 1. The van der Waals surface area contributed by atoms with Crippen molar-refractivity contribution in [3.63, 3.8) is 0 Å². The summed E-state index contributed by atoms with van der Waals surface area (Å²) in [6.45, 7) is 4.29. The molecule has 0 fully saturated rings. The van der Waals surface area contributed by atoms with Crippen LogP contribution in [0.25, 0.3) is 10.9 Å². The number of rotatable bonds is 2. The van der Waals surface area contributed by atoms with E-state index in [1.54, 1.807) is 4.73 Å². The Bertz CT molecular complexity index is 443. The third kappa shape index (κ3) is 1.27. The van der Waals surface area contributed by atoms with Crippen LogP contribution in [0.15, 0.2) is 30.3 Å². The molecule has 2 heteroatoms. The highest BCUT2D eigenvalue weighted by Crippen LogP contribution is 2.23. The Balaban J connectivity index is 2.72. The molecule has 0 spiro atoms. The first-order valence-electron chi connectivity index (χ1n) is 4.77. The molecule has 0 aliphatic heterocycles. The van der Waals surface area contributed by atoms with Gasteiger partial charge in [-0.25, -0.2) is 0 Å². The van der Waals surface area contributed by atoms with Gasteiger partial charge in [-0.15, -0.1) is 0 Å². The summed E-state index contributed by atoms with van der Waals surface area (Å²) < 4.78 is 1.79.